The Hall–Kier alpha value is -0.510. The highest BCUT2D eigenvalue weighted by Crippen LogP contribution is 2.06. The van der Waals surface area contributed by atoms with Gasteiger partial charge in [-0.3, -0.25) is 0 Å². The van der Waals surface area contributed by atoms with Gasteiger partial charge in [0.15, 0.2) is 0 Å². The van der Waals surface area contributed by atoms with Gasteiger partial charge in [0.05, 0.1) is 6.07 Å². The first-order chi connectivity index (χ1) is 3.85. The maximum Gasteiger partial charge on any atom is 0.0658 e. The van der Waals surface area contributed by atoms with Crippen LogP contribution in [0.4, 0.5) is 0 Å². The average Bonchev–Trinajstić information content (AvgIpc) is 1.83. The van der Waals surface area contributed by atoms with Crippen LogP contribution in [0.15, 0.2) is 0 Å². The van der Waals surface area contributed by atoms with Gasteiger partial charge in [-0.15, -0.1) is 0 Å². The second-order valence-corrected chi connectivity index (χ2v) is 1.86. The van der Waals surface area contributed by atoms with Crippen LogP contribution in [0.1, 0.15) is 26.7 Å². The van der Waals surface area contributed by atoms with Crippen molar-refractivity contribution in [2.45, 2.75) is 26.7 Å². The van der Waals surface area contributed by atoms with E-state index in [4.69, 9.17) is 5.26 Å². The molecular formula is C7H12N. The van der Waals surface area contributed by atoms with Gasteiger partial charge >= 0.3 is 0 Å². The minimum atomic E-state index is 0.181. The first-order valence-electron chi connectivity index (χ1n) is 3.04. The van der Waals surface area contributed by atoms with Crippen LogP contribution in [0, 0.1) is 23.7 Å². The standard InChI is InChI=1S/C7H12N/c1-3-5-7(4-2)6-8/h4,7H,3,5H2,1-2H3/t7-/m1/s1. The van der Waals surface area contributed by atoms with Crippen molar-refractivity contribution in [3.05, 3.63) is 6.42 Å². The summed E-state index contributed by atoms with van der Waals surface area (Å²) in [6, 6.07) is 2.20. The lowest BCUT2D eigenvalue weighted by molar-refractivity contribution is 0.664. The van der Waals surface area contributed by atoms with E-state index in [9.17, 15) is 0 Å². The minimum absolute atomic E-state index is 0.181. The third kappa shape index (κ3) is 2.63. The van der Waals surface area contributed by atoms with Crippen LogP contribution in [0.3, 0.4) is 0 Å². The molecule has 0 fully saturated rings. The van der Waals surface area contributed by atoms with Gasteiger partial charge in [-0.2, -0.15) is 5.26 Å². The quantitative estimate of drug-likeness (QED) is 0.546. The number of hydrogen-bond acceptors (Lipinski definition) is 1. The summed E-state index contributed by atoms with van der Waals surface area (Å²) in [6.07, 6.45) is 4.05. The topological polar surface area (TPSA) is 23.8 Å². The van der Waals surface area contributed by atoms with E-state index >= 15 is 0 Å². The number of rotatable bonds is 3. The maximum atomic E-state index is 8.38. The minimum Gasteiger partial charge on any atom is -0.198 e. The fourth-order valence-corrected chi connectivity index (χ4v) is 0.617. The molecule has 0 aromatic heterocycles. The van der Waals surface area contributed by atoms with E-state index in [0.29, 0.717) is 0 Å². The third-order valence-corrected chi connectivity index (χ3v) is 1.17. The Morgan fingerprint density at radius 2 is 2.38 bits per heavy atom. The fourth-order valence-electron chi connectivity index (χ4n) is 0.617. The van der Waals surface area contributed by atoms with E-state index in [0.717, 1.165) is 12.8 Å². The molecule has 0 saturated heterocycles. The predicted molar refractivity (Wildman–Crippen MR) is 34.0 cm³/mol. The molecule has 0 aromatic carbocycles. The van der Waals surface area contributed by atoms with E-state index in [1.54, 1.807) is 0 Å². The first kappa shape index (κ1) is 7.49. The van der Waals surface area contributed by atoms with Gasteiger partial charge in [0, 0.05) is 5.92 Å². The van der Waals surface area contributed by atoms with Gasteiger partial charge in [0.1, 0.15) is 0 Å². The maximum absolute atomic E-state index is 8.38. The lowest BCUT2D eigenvalue weighted by Gasteiger charge is -1.99. The zero-order valence-electron chi connectivity index (χ0n) is 5.52. The molecule has 0 aliphatic rings. The molecule has 1 nitrogen and oxygen atoms in total. The second-order valence-electron chi connectivity index (χ2n) is 1.86. The van der Waals surface area contributed by atoms with Gasteiger partial charge < -0.3 is 0 Å². The summed E-state index contributed by atoms with van der Waals surface area (Å²) in [4.78, 5) is 0. The molecule has 0 bridgehead atoms. The van der Waals surface area contributed by atoms with Crippen molar-refractivity contribution in [3.8, 4) is 6.07 Å². The van der Waals surface area contributed by atoms with Crippen molar-refractivity contribution in [2.75, 3.05) is 0 Å². The Morgan fingerprint density at radius 1 is 1.75 bits per heavy atom. The Balaban J connectivity index is 3.26. The Bertz CT molecular complexity index is 80.9. The fraction of sp³-hybridized carbons (Fsp3) is 0.714. The molecule has 45 valence electrons. The zero-order valence-corrected chi connectivity index (χ0v) is 5.52. The average molecular weight is 110 g/mol. The van der Waals surface area contributed by atoms with Gasteiger partial charge in [-0.1, -0.05) is 20.3 Å². The molecular weight excluding hydrogens is 98.1 g/mol. The molecule has 1 atom stereocenters. The summed E-state index contributed by atoms with van der Waals surface area (Å²) in [5.74, 6) is 0.181. The highest BCUT2D eigenvalue weighted by Gasteiger charge is 1.99. The van der Waals surface area contributed by atoms with Crippen molar-refractivity contribution >= 4 is 0 Å². The lowest BCUT2D eigenvalue weighted by Crippen LogP contribution is -1.92. The summed E-state index contributed by atoms with van der Waals surface area (Å²) >= 11 is 0. The Morgan fingerprint density at radius 3 is 2.50 bits per heavy atom. The Labute approximate surface area is 51.3 Å². The van der Waals surface area contributed by atoms with Crippen LogP contribution in [-0.4, -0.2) is 0 Å². The lowest BCUT2D eigenvalue weighted by atomic mass is 10.0. The van der Waals surface area contributed by atoms with Crippen molar-refractivity contribution in [1.29, 1.82) is 5.26 Å². The molecule has 1 heteroatoms. The molecule has 0 aliphatic carbocycles. The zero-order chi connectivity index (χ0) is 6.41. The highest BCUT2D eigenvalue weighted by molar-refractivity contribution is 4.89. The van der Waals surface area contributed by atoms with Crippen LogP contribution in [0.5, 0.6) is 0 Å². The third-order valence-electron chi connectivity index (χ3n) is 1.17. The molecule has 8 heavy (non-hydrogen) atoms. The number of nitrogens with zero attached hydrogens (tertiary/aromatic N) is 1. The number of nitriles is 1. The van der Waals surface area contributed by atoms with Gasteiger partial charge in [0.2, 0.25) is 0 Å². The molecule has 0 rings (SSSR count). The summed E-state index contributed by atoms with van der Waals surface area (Å²) in [6.45, 7) is 4.03. The summed E-state index contributed by atoms with van der Waals surface area (Å²) in [5.41, 5.74) is 0. The molecule has 0 aliphatic heterocycles. The van der Waals surface area contributed by atoms with E-state index < -0.39 is 0 Å². The molecule has 1 radical (unpaired) electrons. The normalized spacial score (nSPS) is 12.6. The molecule has 0 unspecified atom stereocenters. The summed E-state index contributed by atoms with van der Waals surface area (Å²) < 4.78 is 0. The van der Waals surface area contributed by atoms with Gasteiger partial charge in [-0.05, 0) is 12.8 Å². The van der Waals surface area contributed by atoms with Crippen molar-refractivity contribution in [1.82, 2.24) is 0 Å². The monoisotopic (exact) mass is 110 g/mol. The highest BCUT2D eigenvalue weighted by atomic mass is 14.3. The van der Waals surface area contributed by atoms with Gasteiger partial charge in [-0.25, -0.2) is 0 Å². The van der Waals surface area contributed by atoms with Crippen LogP contribution < -0.4 is 0 Å². The smallest absolute Gasteiger partial charge is 0.0658 e. The summed E-state index contributed by atoms with van der Waals surface area (Å²) in [7, 11) is 0. The van der Waals surface area contributed by atoms with Crippen molar-refractivity contribution in [2.24, 2.45) is 5.92 Å². The van der Waals surface area contributed by atoms with Crippen molar-refractivity contribution < 1.29 is 0 Å². The molecule has 0 heterocycles. The van der Waals surface area contributed by atoms with Crippen LogP contribution >= 0.6 is 0 Å². The van der Waals surface area contributed by atoms with E-state index in [1.165, 1.54) is 0 Å². The SMILES string of the molecule is C[CH][C@@H](C#N)CCC. The molecule has 0 spiro atoms. The van der Waals surface area contributed by atoms with Crippen LogP contribution in [0.25, 0.3) is 0 Å². The van der Waals surface area contributed by atoms with Crippen LogP contribution in [-0.2, 0) is 0 Å². The second kappa shape index (κ2) is 4.64. The Kier molecular flexibility index (Phi) is 4.35. The largest absolute Gasteiger partial charge is 0.198 e. The van der Waals surface area contributed by atoms with Crippen molar-refractivity contribution in [3.63, 3.8) is 0 Å². The van der Waals surface area contributed by atoms with E-state index in [2.05, 4.69) is 13.0 Å². The van der Waals surface area contributed by atoms with Gasteiger partial charge in [0.25, 0.3) is 0 Å². The molecule has 0 aromatic rings. The van der Waals surface area contributed by atoms with Crippen LogP contribution in [0.2, 0.25) is 0 Å². The number of hydrogen-bond donors (Lipinski definition) is 0. The predicted octanol–water partition coefficient (Wildman–Crippen LogP) is 2.15. The summed E-state index contributed by atoms with van der Waals surface area (Å²) in [5, 5.41) is 8.38. The molecule has 0 N–H and O–H groups in total. The van der Waals surface area contributed by atoms with E-state index in [1.807, 2.05) is 13.3 Å². The molecule has 0 saturated carbocycles. The van der Waals surface area contributed by atoms with E-state index in [-0.39, 0.29) is 5.92 Å². The molecule has 0 amide bonds. The first-order valence-corrected chi connectivity index (χ1v) is 3.04.